The number of aromatic nitrogens is 2. The summed E-state index contributed by atoms with van der Waals surface area (Å²) in [4.78, 5) is 14.5. The molecule has 1 N–H and O–H groups in total. The van der Waals surface area contributed by atoms with Gasteiger partial charge in [0.05, 0.1) is 17.0 Å². The van der Waals surface area contributed by atoms with Gasteiger partial charge in [-0.3, -0.25) is 4.79 Å². The molecule has 104 valence electrons. The summed E-state index contributed by atoms with van der Waals surface area (Å²) in [6, 6.07) is 2.34. The fourth-order valence-corrected chi connectivity index (χ4v) is 2.70. The third-order valence-corrected chi connectivity index (χ3v) is 3.89. The van der Waals surface area contributed by atoms with E-state index in [2.05, 4.69) is 22.4 Å². The number of aryl methyl sites for hydroxylation is 2. The van der Waals surface area contributed by atoms with Crippen LogP contribution in [-0.2, 0) is 0 Å². The molecule has 0 aliphatic carbocycles. The van der Waals surface area contributed by atoms with Crippen LogP contribution in [0.25, 0.3) is 0 Å². The molecule has 19 heavy (non-hydrogen) atoms. The van der Waals surface area contributed by atoms with Crippen LogP contribution in [0, 0.1) is 19.8 Å². The summed E-state index contributed by atoms with van der Waals surface area (Å²) in [6.45, 7) is 7.48. The fraction of sp³-hybridized carbons (Fsp3) is 0.643. The molecule has 1 aromatic rings. The van der Waals surface area contributed by atoms with Gasteiger partial charge in [0.2, 0.25) is 0 Å². The van der Waals surface area contributed by atoms with Crippen LogP contribution in [0.5, 0.6) is 0 Å². The van der Waals surface area contributed by atoms with Crippen molar-refractivity contribution in [2.24, 2.45) is 5.92 Å². The van der Waals surface area contributed by atoms with E-state index in [4.69, 9.17) is 0 Å². The minimum Gasteiger partial charge on any atom is -0.338 e. The number of carbonyl (C=O) groups excluding carboxylic acids is 1. The van der Waals surface area contributed by atoms with E-state index < -0.39 is 0 Å². The van der Waals surface area contributed by atoms with Crippen molar-refractivity contribution < 1.29 is 4.79 Å². The average molecular weight is 262 g/mol. The Morgan fingerprint density at radius 1 is 1.42 bits per heavy atom. The maximum absolute atomic E-state index is 12.6. The van der Waals surface area contributed by atoms with Crippen molar-refractivity contribution in [3.63, 3.8) is 0 Å². The van der Waals surface area contributed by atoms with E-state index >= 15 is 0 Å². The zero-order valence-electron chi connectivity index (χ0n) is 12.1. The summed E-state index contributed by atoms with van der Waals surface area (Å²) in [7, 11) is 1.99. The summed E-state index contributed by atoms with van der Waals surface area (Å²) < 4.78 is 0. The second kappa shape index (κ2) is 5.65. The first-order valence-electron chi connectivity index (χ1n) is 6.80. The second-order valence-electron chi connectivity index (χ2n) is 5.40. The molecule has 1 saturated heterocycles. The number of rotatable bonds is 2. The predicted molar refractivity (Wildman–Crippen MR) is 74.0 cm³/mol. The van der Waals surface area contributed by atoms with E-state index in [9.17, 15) is 4.79 Å². The smallest absolute Gasteiger partial charge is 0.255 e. The Hall–Kier alpha value is -1.49. The van der Waals surface area contributed by atoms with Gasteiger partial charge in [0, 0.05) is 19.1 Å². The lowest BCUT2D eigenvalue weighted by molar-refractivity contribution is 0.0647. The minimum atomic E-state index is 0.0805. The fourth-order valence-electron chi connectivity index (χ4n) is 2.70. The van der Waals surface area contributed by atoms with Gasteiger partial charge in [-0.15, -0.1) is 0 Å². The number of nitrogens with zero attached hydrogens (tertiary/aromatic N) is 3. The van der Waals surface area contributed by atoms with Crippen molar-refractivity contribution in [3.8, 4) is 0 Å². The standard InChI is InChI=1S/C14H22N4O/c1-9-8-18(6-5-13(9)15-4)14(19)12-7-10(2)16-17-11(12)3/h7,9,13,15H,5-6,8H2,1-4H3. The lowest BCUT2D eigenvalue weighted by Crippen LogP contribution is -2.49. The highest BCUT2D eigenvalue weighted by molar-refractivity contribution is 5.95. The number of amides is 1. The number of hydrogen-bond acceptors (Lipinski definition) is 4. The molecule has 5 nitrogen and oxygen atoms in total. The quantitative estimate of drug-likeness (QED) is 0.869. The number of nitrogens with one attached hydrogen (secondary N) is 1. The number of likely N-dealkylation sites (tertiary alicyclic amines) is 1. The van der Waals surface area contributed by atoms with E-state index in [1.807, 2.05) is 31.9 Å². The molecule has 1 aliphatic rings. The average Bonchev–Trinajstić information content (AvgIpc) is 2.40. The van der Waals surface area contributed by atoms with Crippen LogP contribution in [0.1, 0.15) is 35.1 Å². The van der Waals surface area contributed by atoms with Crippen molar-refractivity contribution in [3.05, 3.63) is 23.0 Å². The van der Waals surface area contributed by atoms with Gasteiger partial charge in [0.1, 0.15) is 0 Å². The lowest BCUT2D eigenvalue weighted by Gasteiger charge is -2.37. The Labute approximate surface area is 114 Å². The molecule has 2 heterocycles. The third kappa shape index (κ3) is 2.92. The van der Waals surface area contributed by atoms with Crippen molar-refractivity contribution in [1.82, 2.24) is 20.4 Å². The number of piperidine rings is 1. The maximum Gasteiger partial charge on any atom is 0.255 e. The van der Waals surface area contributed by atoms with E-state index in [0.29, 0.717) is 23.2 Å². The molecule has 0 aromatic carbocycles. The van der Waals surface area contributed by atoms with Crippen LogP contribution in [0.4, 0.5) is 0 Å². The highest BCUT2D eigenvalue weighted by Gasteiger charge is 2.29. The number of hydrogen-bond donors (Lipinski definition) is 1. The van der Waals surface area contributed by atoms with Crippen molar-refractivity contribution in [2.45, 2.75) is 33.2 Å². The van der Waals surface area contributed by atoms with Gasteiger partial charge in [0.15, 0.2) is 0 Å². The molecule has 0 radical (unpaired) electrons. The Balaban J connectivity index is 2.14. The Bertz CT molecular complexity index is 475. The molecule has 2 unspecified atom stereocenters. The maximum atomic E-state index is 12.6. The molecular weight excluding hydrogens is 240 g/mol. The Morgan fingerprint density at radius 2 is 2.16 bits per heavy atom. The van der Waals surface area contributed by atoms with Crippen molar-refractivity contribution in [1.29, 1.82) is 0 Å². The zero-order chi connectivity index (χ0) is 14.0. The monoisotopic (exact) mass is 262 g/mol. The van der Waals surface area contributed by atoms with Gasteiger partial charge in [-0.1, -0.05) is 6.92 Å². The van der Waals surface area contributed by atoms with Crippen LogP contribution >= 0.6 is 0 Å². The Morgan fingerprint density at radius 3 is 2.79 bits per heavy atom. The molecule has 1 aliphatic heterocycles. The van der Waals surface area contributed by atoms with Gasteiger partial charge < -0.3 is 10.2 Å². The molecule has 1 fully saturated rings. The summed E-state index contributed by atoms with van der Waals surface area (Å²) in [5.41, 5.74) is 2.17. The van der Waals surface area contributed by atoms with Crippen LogP contribution in [-0.4, -0.2) is 47.2 Å². The molecule has 1 amide bonds. The first-order valence-corrected chi connectivity index (χ1v) is 6.80. The van der Waals surface area contributed by atoms with Gasteiger partial charge in [0.25, 0.3) is 5.91 Å². The van der Waals surface area contributed by atoms with Crippen molar-refractivity contribution in [2.75, 3.05) is 20.1 Å². The molecule has 5 heteroatoms. The Kier molecular flexibility index (Phi) is 4.14. The predicted octanol–water partition coefficient (Wildman–Crippen LogP) is 1.16. The molecule has 0 spiro atoms. The molecular formula is C14H22N4O. The second-order valence-corrected chi connectivity index (χ2v) is 5.40. The van der Waals surface area contributed by atoms with Gasteiger partial charge in [-0.25, -0.2) is 0 Å². The molecule has 1 aromatic heterocycles. The first kappa shape index (κ1) is 13.9. The van der Waals surface area contributed by atoms with Crippen LogP contribution < -0.4 is 5.32 Å². The molecule has 0 bridgehead atoms. The largest absolute Gasteiger partial charge is 0.338 e. The van der Waals surface area contributed by atoms with Gasteiger partial charge in [-0.2, -0.15) is 10.2 Å². The van der Waals surface area contributed by atoms with Gasteiger partial charge >= 0.3 is 0 Å². The molecule has 2 atom stereocenters. The zero-order valence-corrected chi connectivity index (χ0v) is 12.1. The summed E-state index contributed by atoms with van der Waals surface area (Å²) >= 11 is 0. The number of carbonyl (C=O) groups is 1. The third-order valence-electron chi connectivity index (χ3n) is 3.89. The van der Waals surface area contributed by atoms with Crippen LogP contribution in [0.15, 0.2) is 6.07 Å². The topological polar surface area (TPSA) is 58.1 Å². The van der Waals surface area contributed by atoms with E-state index in [1.54, 1.807) is 0 Å². The van der Waals surface area contributed by atoms with E-state index in [0.717, 1.165) is 25.2 Å². The SMILES string of the molecule is CNC1CCN(C(=O)c2cc(C)nnc2C)CC1C. The lowest BCUT2D eigenvalue weighted by atomic mass is 9.93. The highest BCUT2D eigenvalue weighted by atomic mass is 16.2. The van der Waals surface area contributed by atoms with Gasteiger partial charge in [-0.05, 0) is 39.3 Å². The molecule has 2 rings (SSSR count). The summed E-state index contributed by atoms with van der Waals surface area (Å²) in [5.74, 6) is 0.552. The van der Waals surface area contributed by atoms with E-state index in [1.165, 1.54) is 0 Å². The van der Waals surface area contributed by atoms with E-state index in [-0.39, 0.29) is 5.91 Å². The normalized spacial score (nSPS) is 23.5. The highest BCUT2D eigenvalue weighted by Crippen LogP contribution is 2.19. The summed E-state index contributed by atoms with van der Waals surface area (Å²) in [6.07, 6.45) is 1.000. The van der Waals surface area contributed by atoms with Crippen molar-refractivity contribution >= 4 is 5.91 Å². The first-order chi connectivity index (χ1) is 9.02. The van der Waals surface area contributed by atoms with Crippen LogP contribution in [0.3, 0.4) is 0 Å². The summed E-state index contributed by atoms with van der Waals surface area (Å²) in [5, 5.41) is 11.3. The molecule has 0 saturated carbocycles. The minimum absolute atomic E-state index is 0.0805. The van der Waals surface area contributed by atoms with Crippen LogP contribution in [0.2, 0.25) is 0 Å².